The highest BCUT2D eigenvalue weighted by atomic mass is 15.3. The summed E-state index contributed by atoms with van der Waals surface area (Å²) < 4.78 is 2.09. The summed E-state index contributed by atoms with van der Waals surface area (Å²) in [6.45, 7) is 7.60. The van der Waals surface area contributed by atoms with E-state index in [-0.39, 0.29) is 0 Å². The van der Waals surface area contributed by atoms with Crippen LogP contribution in [0.1, 0.15) is 36.9 Å². The first-order valence-corrected chi connectivity index (χ1v) is 5.56. The Labute approximate surface area is 85.5 Å². The zero-order chi connectivity index (χ0) is 9.97. The Bertz CT molecular complexity index is 297. The van der Waals surface area contributed by atoms with Crippen molar-refractivity contribution < 1.29 is 0 Å². The molecule has 1 N–H and O–H groups in total. The van der Waals surface area contributed by atoms with Gasteiger partial charge in [0.1, 0.15) is 0 Å². The molecule has 1 atom stereocenters. The summed E-state index contributed by atoms with van der Waals surface area (Å²) in [7, 11) is 0. The molecule has 78 valence electrons. The second-order valence-corrected chi connectivity index (χ2v) is 4.04. The van der Waals surface area contributed by atoms with Gasteiger partial charge < -0.3 is 5.32 Å². The molecule has 0 spiro atoms. The lowest BCUT2D eigenvalue weighted by Crippen LogP contribution is -2.28. The summed E-state index contributed by atoms with van der Waals surface area (Å²) in [5.74, 6) is 0.684. The molecule has 0 amide bonds. The van der Waals surface area contributed by atoms with Gasteiger partial charge in [0.15, 0.2) is 0 Å². The first-order chi connectivity index (χ1) is 6.83. The molecule has 0 aliphatic carbocycles. The Morgan fingerprint density at radius 3 is 3.07 bits per heavy atom. The van der Waals surface area contributed by atoms with Gasteiger partial charge in [0.2, 0.25) is 0 Å². The fourth-order valence-corrected chi connectivity index (χ4v) is 2.30. The fraction of sp³-hybridized carbons (Fsp3) is 0.727. The highest BCUT2D eigenvalue weighted by molar-refractivity contribution is 5.22. The fourth-order valence-electron chi connectivity index (χ4n) is 2.30. The van der Waals surface area contributed by atoms with Crippen molar-refractivity contribution in [2.45, 2.75) is 39.2 Å². The van der Waals surface area contributed by atoms with Gasteiger partial charge in [-0.25, -0.2) is 0 Å². The summed E-state index contributed by atoms with van der Waals surface area (Å²) in [6.07, 6.45) is 4.65. The van der Waals surface area contributed by atoms with Gasteiger partial charge >= 0.3 is 0 Å². The Balaban J connectivity index is 2.18. The van der Waals surface area contributed by atoms with Crippen LogP contribution in [0.15, 0.2) is 6.20 Å². The van der Waals surface area contributed by atoms with Crippen molar-refractivity contribution in [3.8, 4) is 0 Å². The molecule has 1 aromatic rings. The minimum Gasteiger partial charge on any atom is -0.316 e. The number of aryl methyl sites for hydroxylation is 1. The molecule has 1 unspecified atom stereocenters. The first kappa shape index (κ1) is 9.71. The molecule has 1 aromatic heterocycles. The predicted molar refractivity (Wildman–Crippen MR) is 57.5 cm³/mol. The van der Waals surface area contributed by atoms with Gasteiger partial charge in [-0.3, -0.25) is 4.68 Å². The molecule has 0 saturated carbocycles. The number of hydrogen-bond donors (Lipinski definition) is 1. The highest BCUT2D eigenvalue weighted by Gasteiger charge is 2.19. The van der Waals surface area contributed by atoms with Crippen LogP contribution in [0, 0.1) is 6.92 Å². The molecule has 0 bridgehead atoms. The molecule has 1 fully saturated rings. The molecule has 0 radical (unpaired) electrons. The average molecular weight is 193 g/mol. The Morgan fingerprint density at radius 1 is 1.64 bits per heavy atom. The first-order valence-electron chi connectivity index (χ1n) is 5.56. The lowest BCUT2D eigenvalue weighted by atomic mass is 9.92. The van der Waals surface area contributed by atoms with E-state index in [1.54, 1.807) is 0 Å². The van der Waals surface area contributed by atoms with Crippen LogP contribution < -0.4 is 5.32 Å². The second kappa shape index (κ2) is 4.13. The van der Waals surface area contributed by atoms with Crippen molar-refractivity contribution in [1.82, 2.24) is 15.1 Å². The Hall–Kier alpha value is -0.830. The van der Waals surface area contributed by atoms with Crippen LogP contribution in [-0.4, -0.2) is 22.9 Å². The number of piperidine rings is 1. The number of rotatable bonds is 2. The van der Waals surface area contributed by atoms with Gasteiger partial charge in [-0.2, -0.15) is 5.10 Å². The largest absolute Gasteiger partial charge is 0.316 e. The maximum absolute atomic E-state index is 4.40. The molecule has 14 heavy (non-hydrogen) atoms. The molecule has 1 saturated heterocycles. The third-order valence-electron chi connectivity index (χ3n) is 3.18. The second-order valence-electron chi connectivity index (χ2n) is 4.04. The summed E-state index contributed by atoms with van der Waals surface area (Å²) in [5, 5.41) is 7.85. The van der Waals surface area contributed by atoms with Crippen LogP contribution in [0.4, 0.5) is 0 Å². The standard InChI is InChI=1S/C11H19N3/c1-3-14-9(2)11(8-13-14)10-5-4-6-12-7-10/h8,10,12H,3-7H2,1-2H3. The van der Waals surface area contributed by atoms with E-state index < -0.39 is 0 Å². The van der Waals surface area contributed by atoms with Crippen molar-refractivity contribution in [3.05, 3.63) is 17.5 Å². The van der Waals surface area contributed by atoms with Gasteiger partial charge in [-0.15, -0.1) is 0 Å². The van der Waals surface area contributed by atoms with Gasteiger partial charge in [0.05, 0.1) is 6.20 Å². The van der Waals surface area contributed by atoms with Gasteiger partial charge in [0.25, 0.3) is 0 Å². The third kappa shape index (κ3) is 1.69. The smallest absolute Gasteiger partial charge is 0.0527 e. The van der Waals surface area contributed by atoms with E-state index in [4.69, 9.17) is 0 Å². The van der Waals surface area contributed by atoms with E-state index >= 15 is 0 Å². The molecule has 0 aromatic carbocycles. The average Bonchev–Trinajstić information content (AvgIpc) is 2.61. The molecular formula is C11H19N3. The number of nitrogens with one attached hydrogen (secondary N) is 1. The minimum atomic E-state index is 0.684. The summed E-state index contributed by atoms with van der Waals surface area (Å²) in [5.41, 5.74) is 2.79. The van der Waals surface area contributed by atoms with Crippen molar-refractivity contribution >= 4 is 0 Å². The van der Waals surface area contributed by atoms with Gasteiger partial charge in [-0.1, -0.05) is 0 Å². The highest BCUT2D eigenvalue weighted by Crippen LogP contribution is 2.25. The summed E-state index contributed by atoms with van der Waals surface area (Å²) in [6, 6.07) is 0. The maximum Gasteiger partial charge on any atom is 0.0527 e. The lowest BCUT2D eigenvalue weighted by molar-refractivity contribution is 0.459. The van der Waals surface area contributed by atoms with Crippen molar-refractivity contribution in [3.63, 3.8) is 0 Å². The van der Waals surface area contributed by atoms with E-state index in [1.165, 1.54) is 30.6 Å². The topological polar surface area (TPSA) is 29.9 Å². The van der Waals surface area contributed by atoms with Gasteiger partial charge in [-0.05, 0) is 44.7 Å². The molecule has 2 rings (SSSR count). The zero-order valence-corrected chi connectivity index (χ0v) is 9.08. The van der Waals surface area contributed by atoms with E-state index in [9.17, 15) is 0 Å². The van der Waals surface area contributed by atoms with E-state index in [1.807, 2.05) is 0 Å². The molecule has 1 aliphatic heterocycles. The zero-order valence-electron chi connectivity index (χ0n) is 9.08. The van der Waals surface area contributed by atoms with Crippen LogP contribution in [0.3, 0.4) is 0 Å². The lowest BCUT2D eigenvalue weighted by Gasteiger charge is -2.22. The molecule has 3 heteroatoms. The van der Waals surface area contributed by atoms with Gasteiger partial charge in [0, 0.05) is 18.8 Å². The molecule has 3 nitrogen and oxygen atoms in total. The minimum absolute atomic E-state index is 0.684. The van der Waals surface area contributed by atoms with E-state index in [2.05, 4.69) is 35.1 Å². The van der Waals surface area contributed by atoms with Crippen LogP contribution >= 0.6 is 0 Å². The molecule has 2 heterocycles. The van der Waals surface area contributed by atoms with Crippen molar-refractivity contribution in [1.29, 1.82) is 0 Å². The molecule has 1 aliphatic rings. The van der Waals surface area contributed by atoms with Crippen molar-refractivity contribution in [2.24, 2.45) is 0 Å². The van der Waals surface area contributed by atoms with Crippen LogP contribution in [0.2, 0.25) is 0 Å². The van der Waals surface area contributed by atoms with Crippen LogP contribution in [0.5, 0.6) is 0 Å². The number of nitrogens with zero attached hydrogens (tertiary/aromatic N) is 2. The van der Waals surface area contributed by atoms with Crippen molar-refractivity contribution in [2.75, 3.05) is 13.1 Å². The Morgan fingerprint density at radius 2 is 2.50 bits per heavy atom. The van der Waals surface area contributed by atoms with E-state index in [0.29, 0.717) is 5.92 Å². The summed E-state index contributed by atoms with van der Waals surface area (Å²) >= 11 is 0. The predicted octanol–water partition coefficient (Wildman–Crippen LogP) is 1.68. The summed E-state index contributed by atoms with van der Waals surface area (Å²) in [4.78, 5) is 0. The maximum atomic E-state index is 4.40. The normalized spacial score (nSPS) is 22.6. The molecular weight excluding hydrogens is 174 g/mol. The van der Waals surface area contributed by atoms with Crippen LogP contribution in [-0.2, 0) is 6.54 Å². The van der Waals surface area contributed by atoms with Crippen LogP contribution in [0.25, 0.3) is 0 Å². The number of aromatic nitrogens is 2. The number of hydrogen-bond acceptors (Lipinski definition) is 2. The van der Waals surface area contributed by atoms with E-state index in [0.717, 1.165) is 13.1 Å². The quantitative estimate of drug-likeness (QED) is 0.774. The third-order valence-corrected chi connectivity index (χ3v) is 3.18. The monoisotopic (exact) mass is 193 g/mol. The SMILES string of the molecule is CCn1ncc(C2CCCNC2)c1C. The Kier molecular flexibility index (Phi) is 2.87.